The number of aromatic nitrogens is 2. The Morgan fingerprint density at radius 2 is 1.93 bits per heavy atom. The molecule has 2 aromatic rings. The number of anilines is 2. The van der Waals surface area contributed by atoms with E-state index >= 15 is 0 Å². The highest BCUT2D eigenvalue weighted by Gasteiger charge is 2.23. The summed E-state index contributed by atoms with van der Waals surface area (Å²) in [5.74, 6) is 1.52. The van der Waals surface area contributed by atoms with E-state index in [1.165, 1.54) is 0 Å². The van der Waals surface area contributed by atoms with Crippen molar-refractivity contribution >= 4 is 17.4 Å². The second-order valence-corrected chi connectivity index (χ2v) is 6.93. The Labute approximate surface area is 161 Å². The van der Waals surface area contributed by atoms with E-state index in [9.17, 15) is 4.79 Å². The lowest BCUT2D eigenvalue weighted by molar-refractivity contribution is -0.132. The second-order valence-electron chi connectivity index (χ2n) is 6.93. The van der Waals surface area contributed by atoms with Crippen molar-refractivity contribution in [2.45, 2.75) is 32.6 Å². The fourth-order valence-corrected chi connectivity index (χ4v) is 3.56. The first-order valence-electron chi connectivity index (χ1n) is 9.83. The third-order valence-corrected chi connectivity index (χ3v) is 5.20. The van der Waals surface area contributed by atoms with Gasteiger partial charge in [-0.3, -0.25) is 14.7 Å². The van der Waals surface area contributed by atoms with Gasteiger partial charge in [-0.2, -0.15) is 0 Å². The standard InChI is InChI=1S/C21H29N5O/c1-3-26(4-2)21(27)16-25-13-10-17(11-14-25)19-9-8-18(15-23-19)24-20-7-5-6-12-22-20/h5-9,12,15,17H,3-4,10-11,13-14,16H2,1-2H3,(H,22,24). The zero-order chi connectivity index (χ0) is 19.1. The van der Waals surface area contributed by atoms with Crippen molar-refractivity contribution in [1.82, 2.24) is 19.8 Å². The molecule has 0 unspecified atom stereocenters. The average molecular weight is 367 g/mol. The zero-order valence-corrected chi connectivity index (χ0v) is 16.3. The van der Waals surface area contributed by atoms with E-state index in [2.05, 4.69) is 32.3 Å². The van der Waals surface area contributed by atoms with E-state index in [-0.39, 0.29) is 5.91 Å². The summed E-state index contributed by atoms with van der Waals surface area (Å²) >= 11 is 0. The first kappa shape index (κ1) is 19.3. The molecule has 0 aliphatic carbocycles. The minimum Gasteiger partial charge on any atom is -0.342 e. The Hall–Kier alpha value is -2.47. The maximum atomic E-state index is 12.3. The molecule has 0 bridgehead atoms. The minimum absolute atomic E-state index is 0.238. The number of carbonyl (C=O) groups is 1. The smallest absolute Gasteiger partial charge is 0.236 e. The van der Waals surface area contributed by atoms with E-state index in [0.29, 0.717) is 12.5 Å². The quantitative estimate of drug-likeness (QED) is 0.814. The lowest BCUT2D eigenvalue weighted by Gasteiger charge is -2.32. The maximum absolute atomic E-state index is 12.3. The molecule has 0 spiro atoms. The van der Waals surface area contributed by atoms with E-state index in [4.69, 9.17) is 0 Å². The molecule has 2 aromatic heterocycles. The molecule has 3 heterocycles. The Morgan fingerprint density at radius 1 is 1.15 bits per heavy atom. The number of amides is 1. The highest BCUT2D eigenvalue weighted by Crippen LogP contribution is 2.27. The number of hydrogen-bond acceptors (Lipinski definition) is 5. The Balaban J connectivity index is 1.50. The van der Waals surface area contributed by atoms with Crippen LogP contribution in [-0.4, -0.2) is 58.4 Å². The molecule has 0 atom stereocenters. The van der Waals surface area contributed by atoms with Gasteiger partial charge in [0.15, 0.2) is 0 Å². The molecule has 3 rings (SSSR count). The topological polar surface area (TPSA) is 61.4 Å². The van der Waals surface area contributed by atoms with Crippen LogP contribution in [0.25, 0.3) is 0 Å². The van der Waals surface area contributed by atoms with Gasteiger partial charge in [0.2, 0.25) is 5.91 Å². The van der Waals surface area contributed by atoms with Crippen LogP contribution in [0.2, 0.25) is 0 Å². The van der Waals surface area contributed by atoms with Gasteiger partial charge < -0.3 is 10.2 Å². The molecular weight excluding hydrogens is 338 g/mol. The molecule has 0 aromatic carbocycles. The number of nitrogens with one attached hydrogen (secondary N) is 1. The van der Waals surface area contributed by atoms with Crippen molar-refractivity contribution in [1.29, 1.82) is 0 Å². The van der Waals surface area contributed by atoms with Gasteiger partial charge in [0.05, 0.1) is 18.4 Å². The van der Waals surface area contributed by atoms with Gasteiger partial charge in [-0.05, 0) is 64.0 Å². The molecule has 27 heavy (non-hydrogen) atoms. The van der Waals surface area contributed by atoms with Crippen molar-refractivity contribution in [2.75, 3.05) is 38.0 Å². The highest BCUT2D eigenvalue weighted by atomic mass is 16.2. The molecule has 1 saturated heterocycles. The van der Waals surface area contributed by atoms with Gasteiger partial charge in [0.25, 0.3) is 0 Å². The third kappa shape index (κ3) is 5.26. The van der Waals surface area contributed by atoms with Gasteiger partial charge in [-0.25, -0.2) is 4.98 Å². The Kier molecular flexibility index (Phi) is 6.76. The van der Waals surface area contributed by atoms with Gasteiger partial charge >= 0.3 is 0 Å². The van der Waals surface area contributed by atoms with Gasteiger partial charge in [0.1, 0.15) is 5.82 Å². The summed E-state index contributed by atoms with van der Waals surface area (Å²) in [6.45, 7) is 8.08. The molecule has 1 N–H and O–H groups in total. The lowest BCUT2D eigenvalue weighted by Crippen LogP contribution is -2.43. The number of carbonyl (C=O) groups excluding carboxylic acids is 1. The van der Waals surface area contributed by atoms with Crippen molar-refractivity contribution in [3.8, 4) is 0 Å². The molecule has 0 radical (unpaired) electrons. The van der Waals surface area contributed by atoms with Crippen molar-refractivity contribution < 1.29 is 4.79 Å². The molecule has 0 saturated carbocycles. The van der Waals surface area contributed by atoms with Crippen LogP contribution < -0.4 is 5.32 Å². The van der Waals surface area contributed by atoms with Gasteiger partial charge in [-0.1, -0.05) is 6.07 Å². The van der Waals surface area contributed by atoms with Crippen LogP contribution in [0.5, 0.6) is 0 Å². The average Bonchev–Trinajstić information content (AvgIpc) is 2.71. The summed E-state index contributed by atoms with van der Waals surface area (Å²) in [5.41, 5.74) is 2.08. The molecule has 1 amide bonds. The van der Waals surface area contributed by atoms with Crippen molar-refractivity contribution in [3.05, 3.63) is 48.4 Å². The monoisotopic (exact) mass is 367 g/mol. The number of nitrogens with zero attached hydrogens (tertiary/aromatic N) is 4. The van der Waals surface area contributed by atoms with Crippen LogP contribution in [-0.2, 0) is 4.79 Å². The van der Waals surface area contributed by atoms with E-state index < -0.39 is 0 Å². The largest absolute Gasteiger partial charge is 0.342 e. The number of hydrogen-bond donors (Lipinski definition) is 1. The van der Waals surface area contributed by atoms with Crippen molar-refractivity contribution in [3.63, 3.8) is 0 Å². The number of likely N-dealkylation sites (N-methyl/N-ethyl adjacent to an activating group) is 1. The van der Waals surface area contributed by atoms with E-state index in [1.54, 1.807) is 6.20 Å². The normalized spacial score (nSPS) is 15.5. The third-order valence-electron chi connectivity index (χ3n) is 5.20. The van der Waals surface area contributed by atoms with Crippen LogP contribution in [0.15, 0.2) is 42.7 Å². The first-order chi connectivity index (χ1) is 13.2. The Morgan fingerprint density at radius 3 is 2.52 bits per heavy atom. The molecule has 1 fully saturated rings. The predicted molar refractivity (Wildman–Crippen MR) is 108 cm³/mol. The molecule has 6 nitrogen and oxygen atoms in total. The van der Waals surface area contributed by atoms with Gasteiger partial charge in [-0.15, -0.1) is 0 Å². The van der Waals surface area contributed by atoms with Crippen LogP contribution in [0.3, 0.4) is 0 Å². The molecule has 6 heteroatoms. The van der Waals surface area contributed by atoms with E-state index in [0.717, 1.165) is 56.2 Å². The summed E-state index contributed by atoms with van der Waals surface area (Å²) in [6.07, 6.45) is 5.74. The summed E-state index contributed by atoms with van der Waals surface area (Å²) in [5, 5.41) is 3.26. The summed E-state index contributed by atoms with van der Waals surface area (Å²) < 4.78 is 0. The summed E-state index contributed by atoms with van der Waals surface area (Å²) in [7, 11) is 0. The first-order valence-corrected chi connectivity index (χ1v) is 9.83. The SMILES string of the molecule is CCN(CC)C(=O)CN1CCC(c2ccc(Nc3ccccn3)cn2)CC1. The second kappa shape index (κ2) is 9.46. The predicted octanol–water partition coefficient (Wildman–Crippen LogP) is 3.27. The molecule has 144 valence electrons. The summed E-state index contributed by atoms with van der Waals surface area (Å²) in [6, 6.07) is 9.95. The number of pyridine rings is 2. The fraction of sp³-hybridized carbons (Fsp3) is 0.476. The minimum atomic E-state index is 0.238. The Bertz CT molecular complexity index is 707. The fourth-order valence-electron chi connectivity index (χ4n) is 3.56. The molecule has 1 aliphatic rings. The maximum Gasteiger partial charge on any atom is 0.236 e. The number of rotatable bonds is 7. The molecule has 1 aliphatic heterocycles. The van der Waals surface area contributed by atoms with E-state index in [1.807, 2.05) is 43.1 Å². The molecular formula is C21H29N5O. The lowest BCUT2D eigenvalue weighted by atomic mass is 9.93. The van der Waals surface area contributed by atoms with Crippen LogP contribution in [0, 0.1) is 0 Å². The van der Waals surface area contributed by atoms with Crippen LogP contribution in [0.1, 0.15) is 38.3 Å². The zero-order valence-electron chi connectivity index (χ0n) is 16.3. The van der Waals surface area contributed by atoms with Gasteiger partial charge in [0, 0.05) is 30.9 Å². The highest BCUT2D eigenvalue weighted by molar-refractivity contribution is 5.78. The number of likely N-dealkylation sites (tertiary alicyclic amines) is 1. The number of piperidine rings is 1. The van der Waals surface area contributed by atoms with Crippen LogP contribution in [0.4, 0.5) is 11.5 Å². The van der Waals surface area contributed by atoms with Crippen LogP contribution >= 0.6 is 0 Å². The van der Waals surface area contributed by atoms with Crippen molar-refractivity contribution in [2.24, 2.45) is 0 Å². The summed E-state index contributed by atoms with van der Waals surface area (Å²) in [4.78, 5) is 25.4.